The number of carbonyl (C=O) groups is 1. The third-order valence-corrected chi connectivity index (χ3v) is 3.25. The molecule has 0 heterocycles. The summed E-state index contributed by atoms with van der Waals surface area (Å²) in [5.74, 6) is -0.341. The van der Waals surface area contributed by atoms with Crippen molar-refractivity contribution in [3.05, 3.63) is 35.4 Å². The second-order valence-corrected chi connectivity index (χ2v) is 5.17. The normalized spacial score (nSPS) is 12.8. The highest BCUT2D eigenvalue weighted by atomic mass is 16.3. The molecule has 0 bridgehead atoms. The molecule has 0 saturated heterocycles. The van der Waals surface area contributed by atoms with Gasteiger partial charge in [0, 0.05) is 19.1 Å². The lowest BCUT2D eigenvalue weighted by Gasteiger charge is -2.22. The van der Waals surface area contributed by atoms with E-state index < -0.39 is 6.10 Å². The minimum absolute atomic E-state index is 0.341. The summed E-state index contributed by atoms with van der Waals surface area (Å²) in [5.41, 5.74) is 2.29. The Morgan fingerprint density at radius 3 is 2.37 bits per heavy atom. The number of carbonyl (C=O) groups excluding carboxylic acids is 1. The molecule has 1 aromatic rings. The first-order valence-corrected chi connectivity index (χ1v) is 6.64. The number of nitrogens with zero attached hydrogens (tertiary/aromatic N) is 1. The monoisotopic (exact) mass is 264 g/mol. The first kappa shape index (κ1) is 15.7. The molecule has 2 N–H and O–H groups in total. The Hall–Kier alpha value is -1.39. The molecule has 0 fully saturated rings. The fourth-order valence-electron chi connectivity index (χ4n) is 1.67. The van der Waals surface area contributed by atoms with Crippen LogP contribution in [0.1, 0.15) is 31.9 Å². The minimum atomic E-state index is -0.967. The number of nitrogens with one attached hydrogen (secondary N) is 1. The largest absolute Gasteiger partial charge is 0.384 e. The Labute approximate surface area is 115 Å². The van der Waals surface area contributed by atoms with Crippen molar-refractivity contribution in [2.24, 2.45) is 0 Å². The molecule has 1 rings (SSSR count). The summed E-state index contributed by atoms with van der Waals surface area (Å²) in [6, 6.07) is 8.51. The summed E-state index contributed by atoms with van der Waals surface area (Å²) in [5, 5.41) is 11.9. The first-order chi connectivity index (χ1) is 8.91. The lowest BCUT2D eigenvalue weighted by atomic mass is 10.1. The van der Waals surface area contributed by atoms with E-state index in [-0.39, 0.29) is 5.91 Å². The van der Waals surface area contributed by atoms with E-state index in [2.05, 4.69) is 37.2 Å². The Kier molecular flexibility index (Phi) is 5.99. The molecule has 1 aromatic carbocycles. The van der Waals surface area contributed by atoms with Crippen molar-refractivity contribution in [2.45, 2.75) is 46.0 Å². The SMILES string of the molecule is CC(O)C(=O)NCc1ccccc1CN(C)C(C)C. The number of aliphatic hydroxyl groups excluding tert-OH is 1. The van der Waals surface area contributed by atoms with Crippen LogP contribution in [0.5, 0.6) is 0 Å². The molecule has 0 radical (unpaired) electrons. The van der Waals surface area contributed by atoms with Gasteiger partial charge in [-0.2, -0.15) is 0 Å². The lowest BCUT2D eigenvalue weighted by Crippen LogP contribution is -2.32. The minimum Gasteiger partial charge on any atom is -0.384 e. The fourth-order valence-corrected chi connectivity index (χ4v) is 1.67. The molecule has 4 nitrogen and oxygen atoms in total. The van der Waals surface area contributed by atoms with Gasteiger partial charge in [0.15, 0.2) is 0 Å². The maximum atomic E-state index is 11.4. The van der Waals surface area contributed by atoms with Gasteiger partial charge in [0.25, 0.3) is 0 Å². The molecule has 19 heavy (non-hydrogen) atoms. The van der Waals surface area contributed by atoms with Crippen LogP contribution in [-0.2, 0) is 17.9 Å². The lowest BCUT2D eigenvalue weighted by molar-refractivity contribution is -0.128. The highest BCUT2D eigenvalue weighted by molar-refractivity contribution is 5.79. The van der Waals surface area contributed by atoms with Crippen LogP contribution in [0.3, 0.4) is 0 Å². The van der Waals surface area contributed by atoms with Crippen LogP contribution in [0.4, 0.5) is 0 Å². The van der Waals surface area contributed by atoms with Gasteiger partial charge in [-0.15, -0.1) is 0 Å². The summed E-state index contributed by atoms with van der Waals surface area (Å²) < 4.78 is 0. The van der Waals surface area contributed by atoms with Crippen LogP contribution in [-0.4, -0.2) is 35.1 Å². The predicted octanol–water partition coefficient (Wildman–Crippen LogP) is 1.52. The van der Waals surface area contributed by atoms with Crippen molar-refractivity contribution < 1.29 is 9.90 Å². The molecular formula is C15H24N2O2. The van der Waals surface area contributed by atoms with Crippen molar-refractivity contribution >= 4 is 5.91 Å². The molecule has 1 amide bonds. The van der Waals surface area contributed by atoms with Gasteiger partial charge in [0.1, 0.15) is 6.10 Å². The fraction of sp³-hybridized carbons (Fsp3) is 0.533. The number of benzene rings is 1. The van der Waals surface area contributed by atoms with Crippen molar-refractivity contribution in [1.82, 2.24) is 10.2 Å². The van der Waals surface area contributed by atoms with Gasteiger partial charge < -0.3 is 10.4 Å². The van der Waals surface area contributed by atoms with Crippen LogP contribution in [0.25, 0.3) is 0 Å². The zero-order chi connectivity index (χ0) is 14.4. The van der Waals surface area contributed by atoms with Gasteiger partial charge in [0.05, 0.1) is 0 Å². The van der Waals surface area contributed by atoms with E-state index >= 15 is 0 Å². The molecule has 0 aliphatic rings. The standard InChI is InChI=1S/C15H24N2O2/c1-11(2)17(4)10-14-8-6-5-7-13(14)9-16-15(19)12(3)18/h5-8,11-12,18H,9-10H2,1-4H3,(H,16,19). The van der Waals surface area contributed by atoms with Gasteiger partial charge in [-0.1, -0.05) is 24.3 Å². The molecular weight excluding hydrogens is 240 g/mol. The van der Waals surface area contributed by atoms with Crippen LogP contribution < -0.4 is 5.32 Å². The van der Waals surface area contributed by atoms with Crippen molar-refractivity contribution in [3.63, 3.8) is 0 Å². The van der Waals surface area contributed by atoms with Gasteiger partial charge in [0.2, 0.25) is 5.91 Å². The molecule has 1 atom stereocenters. The molecule has 4 heteroatoms. The van der Waals surface area contributed by atoms with Crippen molar-refractivity contribution in [1.29, 1.82) is 0 Å². The van der Waals surface area contributed by atoms with E-state index in [9.17, 15) is 4.79 Å². The zero-order valence-corrected chi connectivity index (χ0v) is 12.2. The van der Waals surface area contributed by atoms with Gasteiger partial charge in [-0.3, -0.25) is 9.69 Å². The molecule has 0 aliphatic heterocycles. The average Bonchev–Trinajstić information content (AvgIpc) is 2.36. The Bertz CT molecular complexity index is 416. The van der Waals surface area contributed by atoms with Crippen LogP contribution in [0, 0.1) is 0 Å². The Morgan fingerprint density at radius 1 is 1.26 bits per heavy atom. The summed E-state index contributed by atoms with van der Waals surface area (Å²) in [4.78, 5) is 13.6. The van der Waals surface area contributed by atoms with Crippen LogP contribution >= 0.6 is 0 Å². The van der Waals surface area contributed by atoms with E-state index in [1.165, 1.54) is 12.5 Å². The molecule has 1 unspecified atom stereocenters. The van der Waals surface area contributed by atoms with Gasteiger partial charge in [-0.05, 0) is 38.9 Å². The number of aliphatic hydroxyl groups is 1. The average molecular weight is 264 g/mol. The smallest absolute Gasteiger partial charge is 0.248 e. The third kappa shape index (κ3) is 5.01. The summed E-state index contributed by atoms with van der Waals surface area (Å²) >= 11 is 0. The molecule has 0 spiro atoms. The second kappa shape index (κ2) is 7.26. The van der Waals surface area contributed by atoms with Crippen LogP contribution in [0.2, 0.25) is 0 Å². The Balaban J connectivity index is 2.70. The molecule has 0 saturated carbocycles. The second-order valence-electron chi connectivity index (χ2n) is 5.17. The summed E-state index contributed by atoms with van der Waals surface area (Å²) in [6.07, 6.45) is -0.967. The zero-order valence-electron chi connectivity index (χ0n) is 12.2. The quantitative estimate of drug-likeness (QED) is 0.819. The summed E-state index contributed by atoms with van der Waals surface area (Å²) in [7, 11) is 2.08. The number of amides is 1. The first-order valence-electron chi connectivity index (χ1n) is 6.64. The van der Waals surface area contributed by atoms with Crippen molar-refractivity contribution in [3.8, 4) is 0 Å². The number of rotatable bonds is 6. The van der Waals surface area contributed by atoms with E-state index in [1.807, 2.05) is 18.2 Å². The van der Waals surface area contributed by atoms with Crippen LogP contribution in [0.15, 0.2) is 24.3 Å². The predicted molar refractivity (Wildman–Crippen MR) is 76.6 cm³/mol. The van der Waals surface area contributed by atoms with E-state index in [0.717, 1.165) is 12.1 Å². The Morgan fingerprint density at radius 2 is 1.84 bits per heavy atom. The van der Waals surface area contributed by atoms with Crippen molar-refractivity contribution in [2.75, 3.05) is 7.05 Å². The highest BCUT2D eigenvalue weighted by Gasteiger charge is 2.11. The van der Waals surface area contributed by atoms with Gasteiger partial charge in [-0.25, -0.2) is 0 Å². The topological polar surface area (TPSA) is 52.6 Å². The van der Waals surface area contributed by atoms with E-state index in [4.69, 9.17) is 5.11 Å². The van der Waals surface area contributed by atoms with E-state index in [1.54, 1.807) is 0 Å². The van der Waals surface area contributed by atoms with E-state index in [0.29, 0.717) is 12.6 Å². The number of hydrogen-bond donors (Lipinski definition) is 2. The molecule has 0 aromatic heterocycles. The third-order valence-electron chi connectivity index (χ3n) is 3.25. The maximum absolute atomic E-state index is 11.4. The highest BCUT2D eigenvalue weighted by Crippen LogP contribution is 2.12. The maximum Gasteiger partial charge on any atom is 0.248 e. The number of hydrogen-bond acceptors (Lipinski definition) is 3. The molecule has 0 aliphatic carbocycles. The molecule has 106 valence electrons. The van der Waals surface area contributed by atoms with Gasteiger partial charge >= 0.3 is 0 Å². The summed E-state index contributed by atoms with van der Waals surface area (Å²) in [6.45, 7) is 7.06.